The molecule has 1 saturated carbocycles. The zero-order valence-corrected chi connectivity index (χ0v) is 14.6. The SMILES string of the molecule is CCC1(CO)CCN(C(=O)Nc2ccc3oc(C4CC4)nc3c2)CC1. The van der Waals surface area contributed by atoms with Crippen molar-refractivity contribution in [3.63, 3.8) is 0 Å². The highest BCUT2D eigenvalue weighted by Crippen LogP contribution is 2.40. The van der Waals surface area contributed by atoms with Crippen LogP contribution >= 0.6 is 0 Å². The summed E-state index contributed by atoms with van der Waals surface area (Å²) in [5.41, 5.74) is 2.29. The number of aliphatic hydroxyl groups is 1. The number of rotatable bonds is 4. The molecule has 2 heterocycles. The predicted octanol–water partition coefficient (Wildman–Crippen LogP) is 3.72. The Morgan fingerprint density at radius 1 is 1.40 bits per heavy atom. The van der Waals surface area contributed by atoms with Gasteiger partial charge in [0.25, 0.3) is 0 Å². The zero-order chi connectivity index (χ0) is 17.4. The molecule has 2 aromatic rings. The number of urea groups is 1. The summed E-state index contributed by atoms with van der Waals surface area (Å²) >= 11 is 0. The molecule has 0 bridgehead atoms. The molecule has 1 aromatic heterocycles. The van der Waals surface area contributed by atoms with Gasteiger partial charge in [-0.3, -0.25) is 0 Å². The van der Waals surface area contributed by atoms with E-state index in [4.69, 9.17) is 4.42 Å². The van der Waals surface area contributed by atoms with E-state index in [9.17, 15) is 9.90 Å². The second-order valence-corrected chi connectivity index (χ2v) is 7.44. The van der Waals surface area contributed by atoms with Crippen LogP contribution in [0.15, 0.2) is 22.6 Å². The number of piperidine rings is 1. The van der Waals surface area contributed by atoms with Gasteiger partial charge in [0.2, 0.25) is 0 Å². The number of aromatic nitrogens is 1. The molecular formula is C19H25N3O3. The van der Waals surface area contributed by atoms with Crippen molar-refractivity contribution in [2.24, 2.45) is 5.41 Å². The fourth-order valence-corrected chi connectivity index (χ4v) is 3.54. The lowest BCUT2D eigenvalue weighted by molar-refractivity contribution is 0.0542. The molecule has 2 aliphatic rings. The smallest absolute Gasteiger partial charge is 0.321 e. The molecule has 134 valence electrons. The van der Waals surface area contributed by atoms with Gasteiger partial charge >= 0.3 is 6.03 Å². The van der Waals surface area contributed by atoms with Crippen LogP contribution in [0.3, 0.4) is 0 Å². The summed E-state index contributed by atoms with van der Waals surface area (Å²) in [6.45, 7) is 3.66. The number of hydrogen-bond donors (Lipinski definition) is 2. The fraction of sp³-hybridized carbons (Fsp3) is 0.579. The number of nitrogens with one attached hydrogen (secondary N) is 1. The van der Waals surface area contributed by atoms with Crippen LogP contribution in [0.25, 0.3) is 11.1 Å². The van der Waals surface area contributed by atoms with E-state index in [1.54, 1.807) is 0 Å². The molecule has 6 heteroatoms. The Bertz CT molecular complexity index is 767. The average molecular weight is 343 g/mol. The number of fused-ring (bicyclic) bond motifs is 1. The van der Waals surface area contributed by atoms with Crippen LogP contribution in [0.4, 0.5) is 10.5 Å². The average Bonchev–Trinajstić information content (AvgIpc) is 3.41. The van der Waals surface area contributed by atoms with E-state index in [0.717, 1.165) is 54.8 Å². The lowest BCUT2D eigenvalue weighted by Crippen LogP contribution is -2.46. The van der Waals surface area contributed by atoms with Gasteiger partial charge in [0.15, 0.2) is 11.5 Å². The Morgan fingerprint density at radius 2 is 2.16 bits per heavy atom. The lowest BCUT2D eigenvalue weighted by Gasteiger charge is -2.40. The van der Waals surface area contributed by atoms with Gasteiger partial charge in [-0.2, -0.15) is 0 Å². The Morgan fingerprint density at radius 3 is 2.80 bits per heavy atom. The van der Waals surface area contributed by atoms with E-state index >= 15 is 0 Å². The van der Waals surface area contributed by atoms with E-state index in [0.29, 0.717) is 19.0 Å². The molecule has 25 heavy (non-hydrogen) atoms. The number of likely N-dealkylation sites (tertiary alicyclic amines) is 1. The predicted molar refractivity (Wildman–Crippen MR) is 95.6 cm³/mol. The Hall–Kier alpha value is -2.08. The van der Waals surface area contributed by atoms with Gasteiger partial charge in [-0.25, -0.2) is 9.78 Å². The number of carbonyl (C=O) groups is 1. The summed E-state index contributed by atoms with van der Waals surface area (Å²) in [6.07, 6.45) is 4.95. The van der Waals surface area contributed by atoms with Crippen molar-refractivity contribution in [1.82, 2.24) is 9.88 Å². The summed E-state index contributed by atoms with van der Waals surface area (Å²) in [6, 6.07) is 5.51. The van der Waals surface area contributed by atoms with Gasteiger partial charge < -0.3 is 19.7 Å². The largest absolute Gasteiger partial charge is 0.440 e. The number of anilines is 1. The molecule has 4 rings (SSSR count). The van der Waals surface area contributed by atoms with E-state index in [1.807, 2.05) is 23.1 Å². The number of hydrogen-bond acceptors (Lipinski definition) is 4. The van der Waals surface area contributed by atoms with Gasteiger partial charge in [0.05, 0.1) is 0 Å². The third kappa shape index (κ3) is 3.23. The van der Waals surface area contributed by atoms with E-state index < -0.39 is 0 Å². The molecule has 1 aromatic carbocycles. The van der Waals surface area contributed by atoms with E-state index in [1.165, 1.54) is 0 Å². The first kappa shape index (κ1) is 16.4. The van der Waals surface area contributed by atoms with Crippen molar-refractivity contribution < 1.29 is 14.3 Å². The highest BCUT2D eigenvalue weighted by molar-refractivity contribution is 5.91. The standard InChI is InChI=1S/C19H25N3O3/c1-2-19(12-23)7-9-22(10-8-19)18(24)20-14-5-6-16-15(11-14)21-17(25-16)13-3-4-13/h5-6,11,13,23H,2-4,7-10,12H2,1H3,(H,20,24). The molecule has 2 N–H and O–H groups in total. The topological polar surface area (TPSA) is 78.6 Å². The molecule has 0 spiro atoms. The van der Waals surface area contributed by atoms with Gasteiger partial charge in [0.1, 0.15) is 5.52 Å². The molecule has 1 aliphatic heterocycles. The van der Waals surface area contributed by atoms with Gasteiger partial charge in [-0.05, 0) is 55.7 Å². The third-order valence-electron chi connectivity index (χ3n) is 5.78. The first-order chi connectivity index (χ1) is 12.1. The third-order valence-corrected chi connectivity index (χ3v) is 5.78. The van der Waals surface area contributed by atoms with Crippen molar-refractivity contribution >= 4 is 22.8 Å². The van der Waals surface area contributed by atoms with Crippen LogP contribution in [0.2, 0.25) is 0 Å². The maximum atomic E-state index is 12.5. The van der Waals surface area contributed by atoms with Crippen LogP contribution in [0, 0.1) is 5.41 Å². The quantitative estimate of drug-likeness (QED) is 0.887. The van der Waals surface area contributed by atoms with Gasteiger partial charge in [0, 0.05) is 31.3 Å². The number of nitrogens with zero attached hydrogens (tertiary/aromatic N) is 2. The second kappa shape index (κ2) is 6.33. The Labute approximate surface area is 147 Å². The summed E-state index contributed by atoms with van der Waals surface area (Å²) in [7, 11) is 0. The molecular weight excluding hydrogens is 318 g/mol. The summed E-state index contributed by atoms with van der Waals surface area (Å²) < 4.78 is 5.76. The minimum absolute atomic E-state index is 0.0182. The van der Waals surface area contributed by atoms with Crippen molar-refractivity contribution in [1.29, 1.82) is 0 Å². The fourth-order valence-electron chi connectivity index (χ4n) is 3.54. The number of amides is 2. The first-order valence-electron chi connectivity index (χ1n) is 9.20. The van der Waals surface area contributed by atoms with Crippen LogP contribution < -0.4 is 5.32 Å². The second-order valence-electron chi connectivity index (χ2n) is 7.44. The molecule has 2 amide bonds. The number of aliphatic hydroxyl groups excluding tert-OH is 1. The molecule has 0 unspecified atom stereocenters. The van der Waals surface area contributed by atoms with Gasteiger partial charge in [-0.15, -0.1) is 0 Å². The minimum atomic E-state index is -0.0899. The van der Waals surface area contributed by atoms with Crippen molar-refractivity contribution in [2.45, 2.75) is 44.9 Å². The van der Waals surface area contributed by atoms with Crippen molar-refractivity contribution in [2.75, 3.05) is 25.0 Å². The van der Waals surface area contributed by atoms with Crippen molar-refractivity contribution in [3.05, 3.63) is 24.1 Å². The molecule has 2 fully saturated rings. The summed E-state index contributed by atoms with van der Waals surface area (Å²) in [4.78, 5) is 18.9. The van der Waals surface area contributed by atoms with Crippen molar-refractivity contribution in [3.8, 4) is 0 Å². The Balaban J connectivity index is 1.41. The van der Waals surface area contributed by atoms with Crippen LogP contribution in [0.1, 0.15) is 50.8 Å². The lowest BCUT2D eigenvalue weighted by atomic mass is 9.77. The molecule has 1 saturated heterocycles. The maximum Gasteiger partial charge on any atom is 0.321 e. The molecule has 0 atom stereocenters. The normalized spacial score (nSPS) is 20.0. The first-order valence-corrected chi connectivity index (χ1v) is 9.20. The molecule has 1 aliphatic carbocycles. The summed E-state index contributed by atoms with van der Waals surface area (Å²) in [5.74, 6) is 1.29. The van der Waals surface area contributed by atoms with Gasteiger partial charge in [-0.1, -0.05) is 6.92 Å². The van der Waals surface area contributed by atoms with Crippen LogP contribution in [0.5, 0.6) is 0 Å². The maximum absolute atomic E-state index is 12.5. The van der Waals surface area contributed by atoms with Crippen LogP contribution in [-0.4, -0.2) is 40.7 Å². The molecule has 0 radical (unpaired) electrons. The number of benzene rings is 1. The number of oxazole rings is 1. The molecule has 6 nitrogen and oxygen atoms in total. The Kier molecular flexibility index (Phi) is 4.15. The van der Waals surface area contributed by atoms with E-state index in [-0.39, 0.29) is 18.1 Å². The number of carbonyl (C=O) groups excluding carboxylic acids is 1. The van der Waals surface area contributed by atoms with Crippen LogP contribution in [-0.2, 0) is 0 Å². The minimum Gasteiger partial charge on any atom is -0.440 e. The van der Waals surface area contributed by atoms with E-state index in [2.05, 4.69) is 17.2 Å². The summed E-state index contributed by atoms with van der Waals surface area (Å²) in [5, 5.41) is 12.6. The highest BCUT2D eigenvalue weighted by Gasteiger charge is 2.34. The highest BCUT2D eigenvalue weighted by atomic mass is 16.3. The zero-order valence-electron chi connectivity index (χ0n) is 14.6. The monoisotopic (exact) mass is 343 g/mol.